The monoisotopic (exact) mass is 470 g/mol. The Bertz CT molecular complexity index is 1370. The van der Waals surface area contributed by atoms with Crippen LogP contribution in [0.2, 0.25) is 0 Å². The van der Waals surface area contributed by atoms with E-state index in [4.69, 9.17) is 4.74 Å². The molecule has 4 rings (SSSR count). The molecule has 2 amide bonds. The molecule has 0 fully saturated rings. The number of rotatable bonds is 8. The fourth-order valence-electron chi connectivity index (χ4n) is 3.65. The van der Waals surface area contributed by atoms with E-state index in [1.54, 1.807) is 36.4 Å². The van der Waals surface area contributed by atoms with Gasteiger partial charge in [-0.25, -0.2) is 4.98 Å². The van der Waals surface area contributed by atoms with Gasteiger partial charge in [0.2, 0.25) is 0 Å². The van der Waals surface area contributed by atoms with Crippen molar-refractivity contribution < 1.29 is 14.3 Å². The van der Waals surface area contributed by atoms with Crippen LogP contribution in [-0.2, 0) is 6.61 Å². The summed E-state index contributed by atoms with van der Waals surface area (Å²) in [6.45, 7) is 8.91. The zero-order valence-electron chi connectivity index (χ0n) is 20.5. The Balaban J connectivity index is 1.39. The second kappa shape index (κ2) is 10.4. The predicted molar refractivity (Wildman–Crippen MR) is 137 cm³/mol. The van der Waals surface area contributed by atoms with Crippen molar-refractivity contribution in [2.75, 3.05) is 11.9 Å². The third-order valence-corrected chi connectivity index (χ3v) is 5.54. The van der Waals surface area contributed by atoms with Gasteiger partial charge in [0.25, 0.3) is 11.8 Å². The minimum absolute atomic E-state index is 0.120. The van der Waals surface area contributed by atoms with Gasteiger partial charge in [-0.05, 0) is 73.4 Å². The van der Waals surface area contributed by atoms with Crippen LogP contribution in [0.25, 0.3) is 5.65 Å². The molecule has 0 radical (unpaired) electrons. The maximum Gasteiger partial charge on any atom is 0.255 e. The topological polar surface area (TPSA) is 84.7 Å². The Hall–Kier alpha value is -4.13. The number of ether oxygens (including phenoxy) is 1. The van der Waals surface area contributed by atoms with Crippen molar-refractivity contribution in [3.8, 4) is 5.75 Å². The number of carbonyl (C=O) groups is 2. The van der Waals surface area contributed by atoms with Gasteiger partial charge < -0.3 is 19.8 Å². The first kappa shape index (κ1) is 24.0. The van der Waals surface area contributed by atoms with Crippen LogP contribution in [-0.4, -0.2) is 27.7 Å². The minimum Gasteiger partial charge on any atom is -0.487 e. The van der Waals surface area contributed by atoms with Crippen LogP contribution in [0, 0.1) is 19.8 Å². The fraction of sp³-hybridized carbons (Fsp3) is 0.250. The molecule has 0 aliphatic carbocycles. The lowest BCUT2D eigenvalue weighted by molar-refractivity contribution is 0.0948. The molecule has 2 N–H and O–H groups in total. The Morgan fingerprint density at radius 2 is 1.77 bits per heavy atom. The van der Waals surface area contributed by atoms with E-state index < -0.39 is 0 Å². The molecule has 0 atom stereocenters. The molecule has 0 aliphatic heterocycles. The number of carbonyl (C=O) groups excluding carboxylic acids is 2. The van der Waals surface area contributed by atoms with Gasteiger partial charge in [-0.1, -0.05) is 26.0 Å². The summed E-state index contributed by atoms with van der Waals surface area (Å²) >= 11 is 0. The number of hydrogen-bond donors (Lipinski definition) is 2. The first-order chi connectivity index (χ1) is 16.8. The summed E-state index contributed by atoms with van der Waals surface area (Å²) in [4.78, 5) is 29.7. The summed E-state index contributed by atoms with van der Waals surface area (Å²) < 4.78 is 7.87. The second-order valence-corrected chi connectivity index (χ2v) is 9.11. The Morgan fingerprint density at radius 3 is 2.54 bits per heavy atom. The van der Waals surface area contributed by atoms with Crippen molar-refractivity contribution in [2.45, 2.75) is 34.3 Å². The van der Waals surface area contributed by atoms with Crippen molar-refractivity contribution in [3.63, 3.8) is 0 Å². The molecule has 2 aromatic heterocycles. The van der Waals surface area contributed by atoms with E-state index in [-0.39, 0.29) is 11.8 Å². The molecule has 0 unspecified atom stereocenters. The van der Waals surface area contributed by atoms with Crippen molar-refractivity contribution in [2.24, 2.45) is 5.92 Å². The molecule has 0 spiro atoms. The lowest BCUT2D eigenvalue weighted by Gasteiger charge is -2.12. The lowest BCUT2D eigenvalue weighted by Crippen LogP contribution is -2.27. The zero-order valence-corrected chi connectivity index (χ0v) is 20.5. The van der Waals surface area contributed by atoms with Gasteiger partial charge in [0.15, 0.2) is 0 Å². The molecular weight excluding hydrogens is 440 g/mol. The maximum atomic E-state index is 12.9. The fourth-order valence-corrected chi connectivity index (χ4v) is 3.65. The molecule has 7 nitrogen and oxygen atoms in total. The third-order valence-electron chi connectivity index (χ3n) is 5.54. The first-order valence-corrected chi connectivity index (χ1v) is 11.7. The van der Waals surface area contributed by atoms with Gasteiger partial charge in [-0.15, -0.1) is 0 Å². The summed E-state index contributed by atoms with van der Waals surface area (Å²) in [6, 6.07) is 16.3. The number of anilines is 1. The maximum absolute atomic E-state index is 12.9. The van der Waals surface area contributed by atoms with Crippen LogP contribution >= 0.6 is 0 Å². The van der Waals surface area contributed by atoms with Crippen LogP contribution in [0.3, 0.4) is 0 Å². The lowest BCUT2D eigenvalue weighted by atomic mass is 10.1. The summed E-state index contributed by atoms with van der Waals surface area (Å²) in [7, 11) is 0. The first-order valence-electron chi connectivity index (χ1n) is 11.7. The predicted octanol–water partition coefficient (Wildman–Crippen LogP) is 5.17. The molecule has 35 heavy (non-hydrogen) atoms. The number of imidazole rings is 1. The highest BCUT2D eigenvalue weighted by Gasteiger charge is 2.12. The summed E-state index contributed by atoms with van der Waals surface area (Å²) in [5, 5.41) is 5.83. The molecule has 2 heterocycles. The number of aromatic nitrogens is 2. The summed E-state index contributed by atoms with van der Waals surface area (Å²) in [5.74, 6) is 0.589. The van der Waals surface area contributed by atoms with E-state index in [2.05, 4.69) is 15.6 Å². The highest BCUT2D eigenvalue weighted by atomic mass is 16.5. The van der Waals surface area contributed by atoms with E-state index in [9.17, 15) is 9.59 Å². The molecule has 0 saturated carbocycles. The van der Waals surface area contributed by atoms with E-state index >= 15 is 0 Å². The number of benzene rings is 2. The van der Waals surface area contributed by atoms with Crippen LogP contribution in [0.4, 0.5) is 5.69 Å². The number of nitrogens with one attached hydrogen (secondary N) is 2. The van der Waals surface area contributed by atoms with Crippen molar-refractivity contribution >= 4 is 23.1 Å². The second-order valence-electron chi connectivity index (χ2n) is 9.11. The quantitative estimate of drug-likeness (QED) is 0.372. The van der Waals surface area contributed by atoms with Crippen LogP contribution in [0.5, 0.6) is 5.75 Å². The molecule has 180 valence electrons. The van der Waals surface area contributed by atoms with Gasteiger partial charge in [0, 0.05) is 35.8 Å². The van der Waals surface area contributed by atoms with Gasteiger partial charge >= 0.3 is 0 Å². The normalized spacial score (nSPS) is 11.0. The Kier molecular flexibility index (Phi) is 7.15. The van der Waals surface area contributed by atoms with Crippen molar-refractivity contribution in [1.29, 1.82) is 0 Å². The van der Waals surface area contributed by atoms with Crippen LogP contribution < -0.4 is 15.4 Å². The van der Waals surface area contributed by atoms with E-state index in [1.165, 1.54) is 0 Å². The average molecular weight is 471 g/mol. The smallest absolute Gasteiger partial charge is 0.255 e. The summed E-state index contributed by atoms with van der Waals surface area (Å²) in [5.41, 5.74) is 5.33. The number of hydrogen-bond acceptors (Lipinski definition) is 4. The molecule has 0 saturated heterocycles. The number of nitrogens with zero attached hydrogens (tertiary/aromatic N) is 2. The molecule has 4 aromatic rings. The van der Waals surface area contributed by atoms with Gasteiger partial charge in [0.05, 0.1) is 5.69 Å². The van der Waals surface area contributed by atoms with Gasteiger partial charge in [-0.2, -0.15) is 0 Å². The van der Waals surface area contributed by atoms with E-state index in [1.807, 2.05) is 62.7 Å². The highest BCUT2D eigenvalue weighted by molar-refractivity contribution is 6.05. The Labute approximate surface area is 205 Å². The van der Waals surface area contributed by atoms with E-state index in [0.29, 0.717) is 41.6 Å². The molecular formula is C28H30N4O3. The van der Waals surface area contributed by atoms with Crippen molar-refractivity contribution in [3.05, 3.63) is 94.9 Å². The highest BCUT2D eigenvalue weighted by Crippen LogP contribution is 2.20. The minimum atomic E-state index is -0.251. The molecule has 0 aliphatic rings. The SMILES string of the molecule is Cc1ccc2nc(COc3cccc(C(=O)Nc4ccc(C(=O)NCC(C)C)cc4C)c3)cn2c1. The van der Waals surface area contributed by atoms with Gasteiger partial charge in [-0.3, -0.25) is 9.59 Å². The number of aryl methyl sites for hydroxylation is 2. The van der Waals surface area contributed by atoms with E-state index in [0.717, 1.165) is 22.5 Å². The summed E-state index contributed by atoms with van der Waals surface area (Å²) in [6.07, 6.45) is 3.96. The van der Waals surface area contributed by atoms with Crippen LogP contribution in [0.15, 0.2) is 67.0 Å². The van der Waals surface area contributed by atoms with Crippen LogP contribution in [0.1, 0.15) is 51.4 Å². The third kappa shape index (κ3) is 6.06. The van der Waals surface area contributed by atoms with Crippen molar-refractivity contribution in [1.82, 2.24) is 14.7 Å². The number of amides is 2. The number of pyridine rings is 1. The molecule has 0 bridgehead atoms. The largest absolute Gasteiger partial charge is 0.487 e. The molecule has 7 heteroatoms. The number of fused-ring (bicyclic) bond motifs is 1. The molecule has 2 aromatic carbocycles. The average Bonchev–Trinajstić information content (AvgIpc) is 3.24. The van der Waals surface area contributed by atoms with Gasteiger partial charge in [0.1, 0.15) is 18.0 Å². The standard InChI is InChI=1S/C28H30N4O3/c1-18(2)14-29-27(33)22-9-10-25(20(4)12-22)31-28(34)21-6-5-7-24(13-21)35-17-23-16-32-15-19(3)8-11-26(32)30-23/h5-13,15-16,18H,14,17H2,1-4H3,(H,29,33)(H,31,34). The Morgan fingerprint density at radius 1 is 0.971 bits per heavy atom. The zero-order chi connectivity index (χ0) is 24.9.